The molecule has 0 aliphatic rings. The van der Waals surface area contributed by atoms with E-state index in [1.807, 2.05) is 18.4 Å². The van der Waals surface area contributed by atoms with Crippen LogP contribution in [0.2, 0.25) is 0 Å². The largest absolute Gasteiger partial charge is 0.495 e. The van der Waals surface area contributed by atoms with Gasteiger partial charge in [0, 0.05) is 17.8 Å². The van der Waals surface area contributed by atoms with Crippen LogP contribution in [0, 0.1) is 0 Å². The van der Waals surface area contributed by atoms with Gasteiger partial charge in [0.25, 0.3) is 0 Å². The van der Waals surface area contributed by atoms with Crippen LogP contribution in [0.25, 0.3) is 11.0 Å². The van der Waals surface area contributed by atoms with Crippen molar-refractivity contribution in [2.45, 2.75) is 39.0 Å². The third-order valence-electron chi connectivity index (χ3n) is 4.77. The normalized spacial score (nSPS) is 12.0. The first-order chi connectivity index (χ1) is 14.1. The van der Waals surface area contributed by atoms with Crippen molar-refractivity contribution in [3.05, 3.63) is 41.9 Å². The van der Waals surface area contributed by atoms with Gasteiger partial charge in [-0.05, 0) is 45.9 Å². The first-order valence-electron chi connectivity index (χ1n) is 9.42. The van der Waals surface area contributed by atoms with Crippen molar-refractivity contribution in [1.82, 2.24) is 14.5 Å². The van der Waals surface area contributed by atoms with Gasteiger partial charge in [0.1, 0.15) is 23.5 Å². The lowest BCUT2D eigenvalue weighted by molar-refractivity contribution is 0.104. The number of rotatable bonds is 7. The number of nitrogens with two attached hydrogens (primary N) is 1. The Labute approximate surface area is 175 Å². The molecule has 0 saturated heterocycles. The van der Waals surface area contributed by atoms with Gasteiger partial charge in [0.2, 0.25) is 10.0 Å². The van der Waals surface area contributed by atoms with Gasteiger partial charge in [-0.3, -0.25) is 9.52 Å². The lowest BCUT2D eigenvalue weighted by Gasteiger charge is -2.15. The predicted octanol–water partition coefficient (Wildman–Crippen LogP) is 2.98. The third kappa shape index (κ3) is 3.82. The maximum absolute atomic E-state index is 13.4. The van der Waals surface area contributed by atoms with Gasteiger partial charge in [-0.2, -0.15) is 0 Å². The zero-order chi connectivity index (χ0) is 22.2. The van der Waals surface area contributed by atoms with Crippen molar-refractivity contribution in [2.75, 3.05) is 17.6 Å². The number of aromatic nitrogens is 3. The zero-order valence-electron chi connectivity index (χ0n) is 17.5. The van der Waals surface area contributed by atoms with E-state index >= 15 is 0 Å². The van der Waals surface area contributed by atoms with Gasteiger partial charge < -0.3 is 15.0 Å². The van der Waals surface area contributed by atoms with E-state index < -0.39 is 15.3 Å². The molecule has 0 atom stereocenters. The number of methoxy groups -OCH3 is 1. The summed E-state index contributed by atoms with van der Waals surface area (Å²) in [5, 5.41) is -0.182. The van der Waals surface area contributed by atoms with Gasteiger partial charge in [-0.1, -0.05) is 0 Å². The van der Waals surface area contributed by atoms with Crippen LogP contribution in [-0.4, -0.2) is 41.1 Å². The van der Waals surface area contributed by atoms with Crippen molar-refractivity contribution in [3.8, 4) is 5.75 Å². The van der Waals surface area contributed by atoms with Crippen LogP contribution in [0.15, 0.2) is 30.7 Å². The fourth-order valence-corrected chi connectivity index (χ4v) is 3.73. The average molecular weight is 432 g/mol. The zero-order valence-corrected chi connectivity index (χ0v) is 18.3. The maximum Gasteiger partial charge on any atom is 0.235 e. The number of sulfonamides is 1. The molecule has 0 aliphatic carbocycles. The maximum atomic E-state index is 13.4. The second-order valence-electron chi connectivity index (χ2n) is 7.44. The number of benzene rings is 1. The topological polar surface area (TPSA) is 129 Å². The highest BCUT2D eigenvalue weighted by molar-refractivity contribution is 7.93. The van der Waals surface area contributed by atoms with Crippen LogP contribution >= 0.6 is 0 Å². The van der Waals surface area contributed by atoms with Crippen molar-refractivity contribution >= 4 is 38.3 Å². The number of fused-ring (bicyclic) bond motifs is 1. The Morgan fingerprint density at radius 1 is 1.20 bits per heavy atom. The number of nitrogens with one attached hydrogen (secondary N) is 1. The highest BCUT2D eigenvalue weighted by Gasteiger charge is 2.23. The number of ether oxygens (including phenoxy) is 1. The van der Waals surface area contributed by atoms with Crippen molar-refractivity contribution in [2.24, 2.45) is 0 Å². The van der Waals surface area contributed by atoms with Gasteiger partial charge in [0.15, 0.2) is 5.78 Å². The van der Waals surface area contributed by atoms with Gasteiger partial charge in [-0.15, -0.1) is 0 Å². The summed E-state index contributed by atoms with van der Waals surface area (Å²) in [6, 6.07) is 4.63. The molecular weight excluding hydrogens is 406 g/mol. The molecule has 0 bridgehead atoms. The smallest absolute Gasteiger partial charge is 0.235 e. The lowest BCUT2D eigenvalue weighted by atomic mass is 10.0. The number of carbonyl (C=O) groups is 1. The molecule has 0 amide bonds. The minimum Gasteiger partial charge on any atom is -0.495 e. The molecular formula is C20H25N5O4S. The molecule has 0 saturated carbocycles. The molecule has 2 heterocycles. The van der Waals surface area contributed by atoms with Crippen LogP contribution in [0.4, 0.5) is 11.5 Å². The van der Waals surface area contributed by atoms with Crippen LogP contribution in [-0.2, 0) is 10.0 Å². The molecule has 160 valence electrons. The Morgan fingerprint density at radius 2 is 1.90 bits per heavy atom. The fourth-order valence-electron chi connectivity index (χ4n) is 3.03. The van der Waals surface area contributed by atoms with Crippen LogP contribution in [0.5, 0.6) is 5.75 Å². The van der Waals surface area contributed by atoms with E-state index in [0.717, 1.165) is 0 Å². The monoisotopic (exact) mass is 431 g/mol. The Hall–Kier alpha value is -3.14. The Bertz CT molecular complexity index is 1220. The van der Waals surface area contributed by atoms with Crippen LogP contribution < -0.4 is 15.2 Å². The summed E-state index contributed by atoms with van der Waals surface area (Å²) in [6.45, 7) is 7.07. The number of nitrogens with zero attached hydrogens (tertiary/aromatic N) is 3. The Balaban J connectivity index is 2.14. The van der Waals surface area contributed by atoms with Gasteiger partial charge in [-0.25, -0.2) is 18.4 Å². The minimum absolute atomic E-state index is 0.0487. The first-order valence-corrected chi connectivity index (χ1v) is 11.0. The molecule has 3 aromatic rings. The van der Waals surface area contributed by atoms with E-state index in [1.54, 1.807) is 32.2 Å². The number of anilines is 2. The van der Waals surface area contributed by atoms with Crippen LogP contribution in [0.3, 0.4) is 0 Å². The summed E-state index contributed by atoms with van der Waals surface area (Å²) in [5.74, 6) is 0.189. The lowest BCUT2D eigenvalue weighted by Crippen LogP contribution is -2.23. The molecule has 0 unspecified atom stereocenters. The number of ketones is 1. The summed E-state index contributed by atoms with van der Waals surface area (Å²) in [5.41, 5.74) is 7.43. The molecule has 0 spiro atoms. The minimum atomic E-state index is -3.62. The second kappa shape index (κ2) is 7.94. The quantitative estimate of drug-likeness (QED) is 0.550. The summed E-state index contributed by atoms with van der Waals surface area (Å²) < 4.78 is 34.3. The van der Waals surface area contributed by atoms with Crippen LogP contribution in [0.1, 0.15) is 49.7 Å². The highest BCUT2D eigenvalue weighted by Crippen LogP contribution is 2.32. The molecule has 10 heteroatoms. The molecule has 2 aromatic heterocycles. The third-order valence-corrected chi connectivity index (χ3v) is 6.52. The summed E-state index contributed by atoms with van der Waals surface area (Å²) in [4.78, 5) is 21.7. The van der Waals surface area contributed by atoms with E-state index in [2.05, 4.69) is 14.7 Å². The highest BCUT2D eigenvalue weighted by atomic mass is 32.2. The number of hydrogen-bond donors (Lipinski definition) is 2. The SMILES string of the molecule is COc1ccc(C(=O)c2cn(C(C)C)c3ncnc(N)c23)cc1NS(=O)(=O)C(C)C. The molecule has 0 fully saturated rings. The molecule has 3 N–H and O–H groups in total. The summed E-state index contributed by atoms with van der Waals surface area (Å²) in [7, 11) is -2.20. The van der Waals surface area contributed by atoms with E-state index in [4.69, 9.17) is 10.5 Å². The molecule has 1 aromatic carbocycles. The Kier molecular flexibility index (Phi) is 5.71. The number of carbonyl (C=O) groups excluding carboxylic acids is 1. The molecule has 3 rings (SSSR count). The van der Waals surface area contributed by atoms with E-state index in [1.165, 1.54) is 19.5 Å². The predicted molar refractivity (Wildman–Crippen MR) is 116 cm³/mol. The fraction of sp³-hybridized carbons (Fsp3) is 0.350. The van der Waals surface area contributed by atoms with Crippen molar-refractivity contribution in [3.63, 3.8) is 0 Å². The standard InChI is InChI=1S/C20H25N5O4S/c1-11(2)25-9-14(17-19(21)22-10-23-20(17)25)18(26)13-6-7-16(29-5)15(8-13)24-30(27,28)12(3)4/h6-12,24H,1-5H3,(H2,21,22,23). The Morgan fingerprint density at radius 3 is 2.50 bits per heavy atom. The first kappa shape index (κ1) is 21.6. The summed E-state index contributed by atoms with van der Waals surface area (Å²) >= 11 is 0. The summed E-state index contributed by atoms with van der Waals surface area (Å²) in [6.07, 6.45) is 3.06. The molecule has 9 nitrogen and oxygen atoms in total. The molecule has 30 heavy (non-hydrogen) atoms. The number of hydrogen-bond acceptors (Lipinski definition) is 7. The van der Waals surface area contributed by atoms with E-state index in [0.29, 0.717) is 22.3 Å². The van der Waals surface area contributed by atoms with E-state index in [-0.39, 0.29) is 28.9 Å². The van der Waals surface area contributed by atoms with Crippen molar-refractivity contribution < 1.29 is 17.9 Å². The van der Waals surface area contributed by atoms with E-state index in [9.17, 15) is 13.2 Å². The second-order valence-corrected chi connectivity index (χ2v) is 9.68. The number of nitrogen functional groups attached to an aromatic ring is 1. The van der Waals surface area contributed by atoms with Gasteiger partial charge >= 0.3 is 0 Å². The molecule has 0 radical (unpaired) electrons. The van der Waals surface area contributed by atoms with Crippen molar-refractivity contribution in [1.29, 1.82) is 0 Å². The van der Waals surface area contributed by atoms with Gasteiger partial charge in [0.05, 0.1) is 29.0 Å². The average Bonchev–Trinajstić information content (AvgIpc) is 3.08. The molecule has 0 aliphatic heterocycles.